The third-order valence-electron chi connectivity index (χ3n) is 3.65. The van der Waals surface area contributed by atoms with Gasteiger partial charge in [-0.25, -0.2) is 4.98 Å². The summed E-state index contributed by atoms with van der Waals surface area (Å²) in [6.45, 7) is 1.15. The molecule has 0 unspecified atom stereocenters. The highest BCUT2D eigenvalue weighted by Crippen LogP contribution is 2.37. The molecule has 4 heteroatoms. The van der Waals surface area contributed by atoms with Gasteiger partial charge in [-0.05, 0) is 58.4 Å². The van der Waals surface area contributed by atoms with E-state index in [2.05, 4.69) is 38.4 Å². The topological polar surface area (TPSA) is 34.1 Å². The quantitative estimate of drug-likeness (QED) is 0.852. The van der Waals surface area contributed by atoms with Gasteiger partial charge in [-0.3, -0.25) is 0 Å². The molecule has 1 N–H and O–H groups in total. The van der Waals surface area contributed by atoms with Gasteiger partial charge in [0.2, 0.25) is 0 Å². The normalized spacial score (nSPS) is 26.8. The summed E-state index contributed by atoms with van der Waals surface area (Å²) >= 11 is 3.38. The van der Waals surface area contributed by atoms with Crippen LogP contribution in [0.25, 0.3) is 5.57 Å². The minimum atomic E-state index is 0.639. The monoisotopic (exact) mass is 294 g/mol. The second-order valence-electron chi connectivity index (χ2n) is 4.63. The Morgan fingerprint density at radius 2 is 2.41 bits per heavy atom. The Bertz CT molecular complexity index is 472. The molecule has 3 nitrogen and oxygen atoms in total. The van der Waals surface area contributed by atoms with E-state index in [0.29, 0.717) is 12.0 Å². The zero-order chi connectivity index (χ0) is 11.8. The average molecular weight is 295 g/mol. The SMILES string of the molecule is COc1cc(C2=C[C@H]3CCN[C@H]3C2)cnc1Br. The summed E-state index contributed by atoms with van der Waals surface area (Å²) in [7, 11) is 1.67. The number of halogens is 1. The van der Waals surface area contributed by atoms with E-state index in [-0.39, 0.29) is 0 Å². The third kappa shape index (κ3) is 2.00. The van der Waals surface area contributed by atoms with Crippen molar-refractivity contribution in [2.24, 2.45) is 5.92 Å². The van der Waals surface area contributed by atoms with Crippen molar-refractivity contribution in [1.29, 1.82) is 0 Å². The van der Waals surface area contributed by atoms with Gasteiger partial charge in [0.1, 0.15) is 4.60 Å². The number of hydrogen-bond donors (Lipinski definition) is 1. The molecular formula is C13H15BrN2O. The van der Waals surface area contributed by atoms with E-state index < -0.39 is 0 Å². The molecular weight excluding hydrogens is 280 g/mol. The maximum atomic E-state index is 5.29. The number of nitrogens with one attached hydrogen (secondary N) is 1. The Labute approximate surface area is 109 Å². The summed E-state index contributed by atoms with van der Waals surface area (Å²) in [5, 5.41) is 3.55. The first-order valence-corrected chi connectivity index (χ1v) is 6.71. The van der Waals surface area contributed by atoms with Crippen molar-refractivity contribution in [1.82, 2.24) is 10.3 Å². The number of ether oxygens (including phenoxy) is 1. The molecule has 17 heavy (non-hydrogen) atoms. The molecule has 90 valence electrons. The second-order valence-corrected chi connectivity index (χ2v) is 5.38. The summed E-state index contributed by atoms with van der Waals surface area (Å²) in [4.78, 5) is 4.32. The number of rotatable bonds is 2. The fraction of sp³-hybridized carbons (Fsp3) is 0.462. The highest BCUT2D eigenvalue weighted by molar-refractivity contribution is 9.10. The van der Waals surface area contributed by atoms with Gasteiger partial charge < -0.3 is 10.1 Å². The van der Waals surface area contributed by atoms with Gasteiger partial charge in [-0.1, -0.05) is 6.08 Å². The fourth-order valence-corrected chi connectivity index (χ4v) is 3.11. The molecule has 2 aliphatic rings. The van der Waals surface area contributed by atoms with Gasteiger partial charge in [-0.2, -0.15) is 0 Å². The van der Waals surface area contributed by atoms with Crippen LogP contribution in [0, 0.1) is 5.92 Å². The Kier molecular flexibility index (Phi) is 2.92. The lowest BCUT2D eigenvalue weighted by molar-refractivity contribution is 0.409. The van der Waals surface area contributed by atoms with Crippen LogP contribution < -0.4 is 10.1 Å². The largest absolute Gasteiger partial charge is 0.494 e. The van der Waals surface area contributed by atoms with Crippen LogP contribution in [-0.2, 0) is 0 Å². The molecule has 0 saturated carbocycles. The first kappa shape index (κ1) is 11.2. The molecule has 0 spiro atoms. The third-order valence-corrected chi connectivity index (χ3v) is 4.25. The van der Waals surface area contributed by atoms with E-state index >= 15 is 0 Å². The lowest BCUT2D eigenvalue weighted by atomic mass is 10.1. The van der Waals surface area contributed by atoms with Gasteiger partial charge >= 0.3 is 0 Å². The minimum Gasteiger partial charge on any atom is -0.494 e. The molecule has 1 aliphatic heterocycles. The summed E-state index contributed by atoms with van der Waals surface area (Å²) in [6.07, 6.45) is 6.68. The van der Waals surface area contributed by atoms with Crippen LogP contribution >= 0.6 is 15.9 Å². The molecule has 1 fully saturated rings. The van der Waals surface area contributed by atoms with Crippen molar-refractivity contribution in [3.8, 4) is 5.75 Å². The predicted octanol–water partition coefficient (Wildman–Crippen LogP) is 2.62. The first-order chi connectivity index (χ1) is 8.28. The van der Waals surface area contributed by atoms with Crippen LogP contribution in [0.4, 0.5) is 0 Å². The van der Waals surface area contributed by atoms with Crippen molar-refractivity contribution < 1.29 is 4.74 Å². The number of nitrogens with zero attached hydrogens (tertiary/aromatic N) is 1. The zero-order valence-electron chi connectivity index (χ0n) is 9.74. The standard InChI is InChI=1S/C13H15BrN2O/c1-17-12-6-10(7-16-13(12)14)9-4-8-2-3-15-11(8)5-9/h4,6-8,11,15H,2-3,5H2,1H3/t8-,11+/m1/s1. The highest BCUT2D eigenvalue weighted by atomic mass is 79.9. The fourth-order valence-electron chi connectivity index (χ4n) is 2.74. The van der Waals surface area contributed by atoms with E-state index in [0.717, 1.165) is 23.3 Å². The number of methoxy groups -OCH3 is 1. The van der Waals surface area contributed by atoms with E-state index in [1.54, 1.807) is 7.11 Å². The van der Waals surface area contributed by atoms with Gasteiger partial charge in [0.15, 0.2) is 5.75 Å². The molecule has 2 atom stereocenters. The number of fused-ring (bicyclic) bond motifs is 1. The Balaban J connectivity index is 1.90. The van der Waals surface area contributed by atoms with E-state index in [1.807, 2.05) is 6.20 Å². The second kappa shape index (κ2) is 4.42. The van der Waals surface area contributed by atoms with Crippen molar-refractivity contribution in [2.75, 3.05) is 13.7 Å². The lowest BCUT2D eigenvalue weighted by Crippen LogP contribution is -2.22. The Hall–Kier alpha value is -0.870. The maximum Gasteiger partial charge on any atom is 0.152 e. The molecule has 1 aromatic rings. The van der Waals surface area contributed by atoms with E-state index in [9.17, 15) is 0 Å². The van der Waals surface area contributed by atoms with Crippen molar-refractivity contribution in [3.05, 3.63) is 28.5 Å². The van der Waals surface area contributed by atoms with Crippen LogP contribution in [0.2, 0.25) is 0 Å². The highest BCUT2D eigenvalue weighted by Gasteiger charge is 2.31. The summed E-state index contributed by atoms with van der Waals surface area (Å²) in [5.74, 6) is 1.51. The summed E-state index contributed by atoms with van der Waals surface area (Å²) in [5.41, 5.74) is 2.58. The average Bonchev–Trinajstić information content (AvgIpc) is 2.90. The van der Waals surface area contributed by atoms with E-state index in [4.69, 9.17) is 4.74 Å². The maximum absolute atomic E-state index is 5.29. The van der Waals surface area contributed by atoms with Crippen molar-refractivity contribution >= 4 is 21.5 Å². The molecule has 1 saturated heterocycles. The Morgan fingerprint density at radius 3 is 3.18 bits per heavy atom. The summed E-state index contributed by atoms with van der Waals surface area (Å²) in [6, 6.07) is 2.70. The van der Waals surface area contributed by atoms with E-state index in [1.165, 1.54) is 17.6 Å². The number of hydrogen-bond acceptors (Lipinski definition) is 3. The van der Waals surface area contributed by atoms with Gasteiger partial charge in [0, 0.05) is 12.2 Å². The van der Waals surface area contributed by atoms with Crippen LogP contribution in [0.5, 0.6) is 5.75 Å². The molecule has 1 aliphatic carbocycles. The molecule has 2 heterocycles. The first-order valence-electron chi connectivity index (χ1n) is 5.92. The number of pyridine rings is 1. The zero-order valence-corrected chi connectivity index (χ0v) is 11.3. The van der Waals surface area contributed by atoms with Gasteiger partial charge in [0.25, 0.3) is 0 Å². The van der Waals surface area contributed by atoms with Crippen LogP contribution in [0.15, 0.2) is 22.9 Å². The Morgan fingerprint density at radius 1 is 1.53 bits per heavy atom. The van der Waals surface area contributed by atoms with Crippen molar-refractivity contribution in [3.63, 3.8) is 0 Å². The van der Waals surface area contributed by atoms with Crippen LogP contribution in [0.3, 0.4) is 0 Å². The molecule has 0 amide bonds. The van der Waals surface area contributed by atoms with Gasteiger partial charge in [0.05, 0.1) is 7.11 Å². The molecule has 3 rings (SSSR count). The predicted molar refractivity (Wildman–Crippen MR) is 71.0 cm³/mol. The van der Waals surface area contributed by atoms with Crippen LogP contribution in [0.1, 0.15) is 18.4 Å². The summed E-state index contributed by atoms with van der Waals surface area (Å²) < 4.78 is 6.05. The molecule has 1 aromatic heterocycles. The smallest absolute Gasteiger partial charge is 0.152 e. The molecule has 0 radical (unpaired) electrons. The lowest BCUT2D eigenvalue weighted by Gasteiger charge is -2.09. The van der Waals surface area contributed by atoms with Crippen LogP contribution in [-0.4, -0.2) is 24.7 Å². The van der Waals surface area contributed by atoms with Crippen molar-refractivity contribution in [2.45, 2.75) is 18.9 Å². The molecule has 0 aromatic carbocycles. The molecule has 0 bridgehead atoms. The van der Waals surface area contributed by atoms with Gasteiger partial charge in [-0.15, -0.1) is 0 Å². The minimum absolute atomic E-state index is 0.639. The number of aromatic nitrogens is 1.